The fourth-order valence-corrected chi connectivity index (χ4v) is 1.87. The quantitative estimate of drug-likeness (QED) is 0.647. The minimum Gasteiger partial charge on any atom is -0.507 e. The largest absolute Gasteiger partial charge is 0.507 e. The molecule has 2 rings (SSSR count). The second kappa shape index (κ2) is 5.57. The van der Waals surface area contributed by atoms with E-state index in [2.05, 4.69) is 17.5 Å². The summed E-state index contributed by atoms with van der Waals surface area (Å²) in [6, 6.07) is 11.9. The maximum absolute atomic E-state index is 9.70. The zero-order chi connectivity index (χ0) is 13.8. The maximum Gasteiger partial charge on any atom is 0.121 e. The average Bonchev–Trinajstić information content (AvgIpc) is 2.38. The normalized spacial score (nSPS) is 10.9. The van der Waals surface area contributed by atoms with Gasteiger partial charge in [-0.25, -0.2) is 0 Å². The lowest BCUT2D eigenvalue weighted by molar-refractivity contribution is 0.467. The third-order valence-corrected chi connectivity index (χ3v) is 2.97. The molecule has 0 amide bonds. The van der Waals surface area contributed by atoms with Crippen LogP contribution in [0.15, 0.2) is 41.5 Å². The van der Waals surface area contributed by atoms with Crippen LogP contribution < -0.4 is 5.43 Å². The van der Waals surface area contributed by atoms with E-state index in [4.69, 9.17) is 0 Å². The number of phenolic OH excluding ortho intramolecular Hbond substituents is 1. The van der Waals surface area contributed by atoms with Crippen molar-refractivity contribution in [2.75, 3.05) is 5.43 Å². The Morgan fingerprint density at radius 3 is 2.16 bits per heavy atom. The Labute approximate surface area is 113 Å². The summed E-state index contributed by atoms with van der Waals surface area (Å²) in [4.78, 5) is 0. The topological polar surface area (TPSA) is 44.6 Å². The van der Waals surface area contributed by atoms with Gasteiger partial charge >= 0.3 is 0 Å². The minimum atomic E-state index is 0.351. The molecular formula is C16H18N2O. The zero-order valence-corrected chi connectivity index (χ0v) is 11.4. The van der Waals surface area contributed by atoms with Crippen molar-refractivity contribution in [1.82, 2.24) is 0 Å². The van der Waals surface area contributed by atoms with Crippen LogP contribution in [0.5, 0.6) is 5.75 Å². The number of hydrazone groups is 1. The number of nitrogens with one attached hydrogen (secondary N) is 1. The van der Waals surface area contributed by atoms with Gasteiger partial charge in [-0.3, -0.25) is 5.43 Å². The first-order valence-corrected chi connectivity index (χ1v) is 6.22. The van der Waals surface area contributed by atoms with Gasteiger partial charge < -0.3 is 5.11 Å². The molecule has 0 aromatic heterocycles. The van der Waals surface area contributed by atoms with E-state index in [9.17, 15) is 5.11 Å². The third-order valence-electron chi connectivity index (χ3n) is 2.97. The number of benzene rings is 2. The Bertz CT molecular complexity index is 578. The predicted octanol–water partition coefficient (Wildman–Crippen LogP) is 3.76. The number of phenols is 1. The Morgan fingerprint density at radius 1 is 1.00 bits per heavy atom. The van der Waals surface area contributed by atoms with E-state index in [0.717, 1.165) is 22.4 Å². The molecule has 0 saturated heterocycles. The van der Waals surface area contributed by atoms with Crippen LogP contribution in [0.1, 0.15) is 22.3 Å². The van der Waals surface area contributed by atoms with Gasteiger partial charge in [0, 0.05) is 0 Å². The summed E-state index contributed by atoms with van der Waals surface area (Å²) in [6.07, 6.45) is 1.75. The monoisotopic (exact) mass is 254 g/mol. The average molecular weight is 254 g/mol. The molecule has 0 aliphatic heterocycles. The first-order valence-electron chi connectivity index (χ1n) is 6.22. The summed E-state index contributed by atoms with van der Waals surface area (Å²) < 4.78 is 0. The van der Waals surface area contributed by atoms with Crippen LogP contribution in [-0.2, 0) is 0 Å². The van der Waals surface area contributed by atoms with Crippen molar-refractivity contribution in [3.8, 4) is 5.75 Å². The molecule has 0 spiro atoms. The second-order valence-electron chi connectivity index (χ2n) is 4.74. The first kappa shape index (κ1) is 13.1. The van der Waals surface area contributed by atoms with Crippen LogP contribution in [0.2, 0.25) is 0 Å². The van der Waals surface area contributed by atoms with E-state index in [1.165, 1.54) is 5.56 Å². The molecule has 0 aliphatic rings. The molecular weight excluding hydrogens is 236 g/mol. The van der Waals surface area contributed by atoms with Gasteiger partial charge in [0.15, 0.2) is 0 Å². The molecule has 0 unspecified atom stereocenters. The fraction of sp³-hybridized carbons (Fsp3) is 0.188. The molecule has 0 fully saturated rings. The summed E-state index contributed by atoms with van der Waals surface area (Å²) in [5.41, 5.74) is 7.84. The van der Waals surface area contributed by atoms with Crippen molar-refractivity contribution in [3.63, 3.8) is 0 Å². The molecule has 98 valence electrons. The number of rotatable bonds is 3. The lowest BCUT2D eigenvalue weighted by atomic mass is 10.1. The number of hydrogen-bond donors (Lipinski definition) is 2. The van der Waals surface area contributed by atoms with E-state index in [1.54, 1.807) is 6.21 Å². The molecule has 3 heteroatoms. The van der Waals surface area contributed by atoms with Crippen molar-refractivity contribution in [2.24, 2.45) is 5.10 Å². The smallest absolute Gasteiger partial charge is 0.121 e. The highest BCUT2D eigenvalue weighted by Gasteiger charge is 2.01. The highest BCUT2D eigenvalue weighted by molar-refractivity contribution is 5.81. The highest BCUT2D eigenvalue weighted by Crippen LogP contribution is 2.22. The van der Waals surface area contributed by atoms with Crippen LogP contribution in [-0.4, -0.2) is 11.3 Å². The Hall–Kier alpha value is -2.29. The molecule has 0 radical (unpaired) electrons. The van der Waals surface area contributed by atoms with Gasteiger partial charge in [-0.2, -0.15) is 5.10 Å². The molecule has 0 bridgehead atoms. The molecule has 0 atom stereocenters. The second-order valence-corrected chi connectivity index (χ2v) is 4.74. The number of anilines is 1. The van der Waals surface area contributed by atoms with E-state index in [1.807, 2.05) is 50.2 Å². The minimum absolute atomic E-state index is 0.351. The molecule has 0 saturated carbocycles. The molecule has 3 nitrogen and oxygen atoms in total. The summed E-state index contributed by atoms with van der Waals surface area (Å²) in [5, 5.41) is 13.9. The number of hydrogen-bond acceptors (Lipinski definition) is 3. The van der Waals surface area contributed by atoms with Crippen molar-refractivity contribution in [2.45, 2.75) is 20.8 Å². The Morgan fingerprint density at radius 2 is 1.58 bits per heavy atom. The van der Waals surface area contributed by atoms with E-state index in [0.29, 0.717) is 5.75 Å². The Balaban J connectivity index is 2.09. The van der Waals surface area contributed by atoms with Gasteiger partial charge in [0.2, 0.25) is 0 Å². The lowest BCUT2D eigenvalue weighted by Gasteiger charge is -2.04. The zero-order valence-electron chi connectivity index (χ0n) is 11.4. The van der Waals surface area contributed by atoms with Gasteiger partial charge in [0.1, 0.15) is 5.75 Å². The third kappa shape index (κ3) is 3.35. The van der Waals surface area contributed by atoms with Crippen molar-refractivity contribution in [1.29, 1.82) is 0 Å². The lowest BCUT2D eigenvalue weighted by Crippen LogP contribution is -1.92. The standard InChI is InChI=1S/C16H18N2O/c1-11-4-6-15(7-5-11)18-17-10-14-8-12(2)16(19)13(3)9-14/h4-10,18-19H,1-3H3/b17-10+. The fourth-order valence-electron chi connectivity index (χ4n) is 1.87. The van der Waals surface area contributed by atoms with Crippen LogP contribution in [0, 0.1) is 20.8 Å². The van der Waals surface area contributed by atoms with Crippen LogP contribution in [0.25, 0.3) is 0 Å². The van der Waals surface area contributed by atoms with Crippen LogP contribution in [0.3, 0.4) is 0 Å². The molecule has 2 aromatic carbocycles. The molecule has 2 N–H and O–H groups in total. The summed E-state index contributed by atoms with van der Waals surface area (Å²) in [7, 11) is 0. The first-order chi connectivity index (χ1) is 9.06. The maximum atomic E-state index is 9.70. The Kier molecular flexibility index (Phi) is 3.85. The number of aryl methyl sites for hydroxylation is 3. The van der Waals surface area contributed by atoms with E-state index >= 15 is 0 Å². The van der Waals surface area contributed by atoms with Crippen molar-refractivity contribution >= 4 is 11.9 Å². The predicted molar refractivity (Wildman–Crippen MR) is 80.0 cm³/mol. The molecule has 2 aromatic rings. The van der Waals surface area contributed by atoms with Crippen molar-refractivity contribution < 1.29 is 5.11 Å². The molecule has 0 heterocycles. The highest BCUT2D eigenvalue weighted by atomic mass is 16.3. The van der Waals surface area contributed by atoms with Crippen molar-refractivity contribution in [3.05, 3.63) is 58.7 Å². The number of aromatic hydroxyl groups is 1. The van der Waals surface area contributed by atoms with E-state index in [-0.39, 0.29) is 0 Å². The summed E-state index contributed by atoms with van der Waals surface area (Å²) >= 11 is 0. The molecule has 19 heavy (non-hydrogen) atoms. The summed E-state index contributed by atoms with van der Waals surface area (Å²) in [6.45, 7) is 5.81. The van der Waals surface area contributed by atoms with Gasteiger partial charge in [-0.15, -0.1) is 0 Å². The van der Waals surface area contributed by atoms with Crippen LogP contribution in [0.4, 0.5) is 5.69 Å². The van der Waals surface area contributed by atoms with Gasteiger partial charge in [-0.1, -0.05) is 17.7 Å². The molecule has 0 aliphatic carbocycles. The van der Waals surface area contributed by atoms with Crippen LogP contribution >= 0.6 is 0 Å². The summed E-state index contributed by atoms with van der Waals surface area (Å²) in [5.74, 6) is 0.351. The van der Waals surface area contributed by atoms with Gasteiger partial charge in [0.05, 0.1) is 11.9 Å². The van der Waals surface area contributed by atoms with E-state index < -0.39 is 0 Å². The SMILES string of the molecule is Cc1ccc(N/N=C/c2cc(C)c(O)c(C)c2)cc1. The number of nitrogens with zero attached hydrogens (tertiary/aromatic N) is 1. The van der Waals surface area contributed by atoms with Gasteiger partial charge in [0.25, 0.3) is 0 Å². The van der Waals surface area contributed by atoms with Gasteiger partial charge in [-0.05, 0) is 61.7 Å².